The van der Waals surface area contributed by atoms with Gasteiger partial charge in [-0.25, -0.2) is 4.39 Å². The SMILES string of the molecule is COc1ccc(F)cc1NC(=O)C1(C(=O)O)CCC1. The van der Waals surface area contributed by atoms with E-state index >= 15 is 0 Å². The lowest BCUT2D eigenvalue weighted by molar-refractivity contribution is -0.159. The van der Waals surface area contributed by atoms with Gasteiger partial charge in [-0.1, -0.05) is 6.42 Å². The van der Waals surface area contributed by atoms with Crippen LogP contribution in [0, 0.1) is 11.2 Å². The van der Waals surface area contributed by atoms with Gasteiger partial charge in [0.1, 0.15) is 17.0 Å². The first-order chi connectivity index (χ1) is 8.99. The third kappa shape index (κ3) is 2.25. The summed E-state index contributed by atoms with van der Waals surface area (Å²) in [6, 6.07) is 3.68. The maximum Gasteiger partial charge on any atom is 0.319 e. The molecule has 5 nitrogen and oxygen atoms in total. The summed E-state index contributed by atoms with van der Waals surface area (Å²) in [5, 5.41) is 11.6. The summed E-state index contributed by atoms with van der Waals surface area (Å²) >= 11 is 0. The number of rotatable bonds is 4. The molecule has 1 aliphatic rings. The van der Waals surface area contributed by atoms with Gasteiger partial charge in [0.2, 0.25) is 5.91 Å². The van der Waals surface area contributed by atoms with E-state index in [0.29, 0.717) is 19.3 Å². The van der Waals surface area contributed by atoms with Crippen LogP contribution in [0.2, 0.25) is 0 Å². The second-order valence-electron chi connectivity index (χ2n) is 4.54. The van der Waals surface area contributed by atoms with Crippen molar-refractivity contribution < 1.29 is 23.8 Å². The molecule has 1 aromatic rings. The summed E-state index contributed by atoms with van der Waals surface area (Å²) in [7, 11) is 1.39. The quantitative estimate of drug-likeness (QED) is 0.818. The lowest BCUT2D eigenvalue weighted by atomic mass is 9.68. The molecular weight excluding hydrogens is 253 g/mol. The molecule has 102 valence electrons. The van der Waals surface area contributed by atoms with Gasteiger partial charge >= 0.3 is 5.97 Å². The molecular formula is C13H14FNO4. The molecule has 0 unspecified atom stereocenters. The molecule has 6 heteroatoms. The van der Waals surface area contributed by atoms with Crippen LogP contribution in [0.25, 0.3) is 0 Å². The molecule has 0 atom stereocenters. The Morgan fingerprint density at radius 3 is 2.58 bits per heavy atom. The maximum atomic E-state index is 13.2. The first kappa shape index (κ1) is 13.3. The van der Waals surface area contributed by atoms with E-state index < -0.39 is 23.1 Å². The van der Waals surface area contributed by atoms with Gasteiger partial charge in [-0.15, -0.1) is 0 Å². The minimum atomic E-state index is -1.39. The highest BCUT2D eigenvalue weighted by atomic mass is 19.1. The Kier molecular flexibility index (Phi) is 3.42. The van der Waals surface area contributed by atoms with Crippen molar-refractivity contribution in [2.45, 2.75) is 19.3 Å². The molecule has 1 aliphatic carbocycles. The van der Waals surface area contributed by atoms with Crippen molar-refractivity contribution >= 4 is 17.6 Å². The highest BCUT2D eigenvalue weighted by molar-refractivity contribution is 6.09. The van der Waals surface area contributed by atoms with Gasteiger partial charge in [-0.05, 0) is 25.0 Å². The molecule has 0 aliphatic heterocycles. The molecule has 19 heavy (non-hydrogen) atoms. The Balaban J connectivity index is 2.23. The number of nitrogens with one attached hydrogen (secondary N) is 1. The van der Waals surface area contributed by atoms with Crippen LogP contribution in [0.1, 0.15) is 19.3 Å². The zero-order valence-electron chi connectivity index (χ0n) is 10.4. The van der Waals surface area contributed by atoms with E-state index in [-0.39, 0.29) is 11.4 Å². The first-order valence-electron chi connectivity index (χ1n) is 5.88. The number of carbonyl (C=O) groups excluding carboxylic acids is 1. The molecule has 2 N–H and O–H groups in total. The van der Waals surface area contributed by atoms with Gasteiger partial charge in [0.25, 0.3) is 0 Å². The molecule has 2 rings (SSSR count). The summed E-state index contributed by atoms with van der Waals surface area (Å²) in [6.07, 6.45) is 1.29. The molecule has 0 aromatic heterocycles. The number of carboxylic acids is 1. The summed E-state index contributed by atoms with van der Waals surface area (Å²) in [5.41, 5.74) is -1.25. The fourth-order valence-corrected chi connectivity index (χ4v) is 2.09. The monoisotopic (exact) mass is 267 g/mol. The Morgan fingerprint density at radius 1 is 1.42 bits per heavy atom. The Labute approximate surface area is 109 Å². The van der Waals surface area contributed by atoms with Crippen molar-refractivity contribution in [3.8, 4) is 5.75 Å². The minimum Gasteiger partial charge on any atom is -0.495 e. The highest BCUT2D eigenvalue weighted by Crippen LogP contribution is 2.42. The second-order valence-corrected chi connectivity index (χ2v) is 4.54. The number of halogens is 1. The van der Waals surface area contributed by atoms with Crippen LogP contribution in [0.3, 0.4) is 0 Å². The fraction of sp³-hybridized carbons (Fsp3) is 0.385. The van der Waals surface area contributed by atoms with Gasteiger partial charge in [-0.2, -0.15) is 0 Å². The lowest BCUT2D eigenvalue weighted by Crippen LogP contribution is -2.48. The predicted molar refractivity (Wildman–Crippen MR) is 65.5 cm³/mol. The van der Waals surface area contributed by atoms with Crippen LogP contribution < -0.4 is 10.1 Å². The van der Waals surface area contributed by atoms with Gasteiger partial charge in [0.05, 0.1) is 12.8 Å². The third-order valence-corrected chi connectivity index (χ3v) is 3.46. The Morgan fingerprint density at radius 2 is 2.11 bits per heavy atom. The molecule has 0 saturated heterocycles. The van der Waals surface area contributed by atoms with Crippen LogP contribution >= 0.6 is 0 Å². The third-order valence-electron chi connectivity index (χ3n) is 3.46. The predicted octanol–water partition coefficient (Wildman–Crippen LogP) is 2.03. The first-order valence-corrected chi connectivity index (χ1v) is 5.88. The van der Waals surface area contributed by atoms with Crippen LogP contribution in [0.15, 0.2) is 18.2 Å². The average Bonchev–Trinajstić information content (AvgIpc) is 2.27. The molecule has 0 radical (unpaired) electrons. The number of hydrogen-bond donors (Lipinski definition) is 2. The normalized spacial score (nSPS) is 16.3. The molecule has 0 spiro atoms. The number of carbonyl (C=O) groups is 2. The molecule has 0 bridgehead atoms. The van der Waals surface area contributed by atoms with Crippen LogP contribution in [-0.4, -0.2) is 24.1 Å². The molecule has 1 saturated carbocycles. The van der Waals surface area contributed by atoms with Crippen LogP contribution in [0.5, 0.6) is 5.75 Å². The van der Waals surface area contributed by atoms with Gasteiger partial charge in [0.15, 0.2) is 0 Å². The number of benzene rings is 1. The number of ether oxygens (including phenoxy) is 1. The van der Waals surface area contributed by atoms with Crippen molar-refractivity contribution in [3.05, 3.63) is 24.0 Å². The number of amides is 1. The smallest absolute Gasteiger partial charge is 0.319 e. The standard InChI is InChI=1S/C13H14FNO4/c1-19-10-4-3-8(14)7-9(10)15-11(16)13(12(17)18)5-2-6-13/h3-4,7H,2,5-6H2,1H3,(H,15,16)(H,17,18). The van der Waals surface area contributed by atoms with E-state index in [9.17, 15) is 14.0 Å². The van der Waals surface area contributed by atoms with Crippen LogP contribution in [-0.2, 0) is 9.59 Å². The Hall–Kier alpha value is -2.11. The average molecular weight is 267 g/mol. The lowest BCUT2D eigenvalue weighted by Gasteiger charge is -2.35. The molecule has 1 fully saturated rings. The summed E-state index contributed by atoms with van der Waals surface area (Å²) in [6.45, 7) is 0. The molecule has 1 aromatic carbocycles. The van der Waals surface area contributed by atoms with E-state index in [0.717, 1.165) is 6.07 Å². The topological polar surface area (TPSA) is 75.6 Å². The van der Waals surface area contributed by atoms with Crippen molar-refractivity contribution in [3.63, 3.8) is 0 Å². The minimum absolute atomic E-state index is 0.139. The maximum absolute atomic E-state index is 13.2. The molecule has 0 heterocycles. The van der Waals surface area contributed by atoms with E-state index in [2.05, 4.69) is 5.32 Å². The van der Waals surface area contributed by atoms with Crippen LogP contribution in [0.4, 0.5) is 10.1 Å². The summed E-state index contributed by atoms with van der Waals surface area (Å²) in [5.74, 6) is -2.02. The fourth-order valence-electron chi connectivity index (χ4n) is 2.09. The zero-order chi connectivity index (χ0) is 14.0. The number of carboxylic acid groups (broad SMARTS) is 1. The van der Waals surface area contributed by atoms with E-state index in [4.69, 9.17) is 9.84 Å². The zero-order valence-corrected chi connectivity index (χ0v) is 10.4. The van der Waals surface area contributed by atoms with Crippen molar-refractivity contribution in [2.24, 2.45) is 5.41 Å². The van der Waals surface area contributed by atoms with Gasteiger partial charge in [-0.3, -0.25) is 9.59 Å². The summed E-state index contributed by atoms with van der Waals surface area (Å²) in [4.78, 5) is 23.3. The number of anilines is 1. The van der Waals surface area contributed by atoms with Crippen molar-refractivity contribution in [2.75, 3.05) is 12.4 Å². The van der Waals surface area contributed by atoms with Crippen molar-refractivity contribution in [1.29, 1.82) is 0 Å². The van der Waals surface area contributed by atoms with Crippen molar-refractivity contribution in [1.82, 2.24) is 0 Å². The van der Waals surface area contributed by atoms with Gasteiger partial charge in [0, 0.05) is 6.07 Å². The van der Waals surface area contributed by atoms with E-state index in [1.165, 1.54) is 19.2 Å². The number of hydrogen-bond acceptors (Lipinski definition) is 3. The number of methoxy groups -OCH3 is 1. The largest absolute Gasteiger partial charge is 0.495 e. The summed E-state index contributed by atoms with van der Waals surface area (Å²) < 4.78 is 18.2. The van der Waals surface area contributed by atoms with Gasteiger partial charge < -0.3 is 15.2 Å². The molecule has 1 amide bonds. The Bertz CT molecular complexity index is 525. The highest BCUT2D eigenvalue weighted by Gasteiger charge is 2.51. The number of aliphatic carboxylic acids is 1. The second kappa shape index (κ2) is 4.87. The van der Waals surface area contributed by atoms with E-state index in [1.54, 1.807) is 0 Å². The van der Waals surface area contributed by atoms with E-state index in [1.807, 2.05) is 0 Å².